The molecule has 0 N–H and O–H groups in total. The molecular formula is C20H21N5O2. The summed E-state index contributed by atoms with van der Waals surface area (Å²) in [6.07, 6.45) is 0.145. The molecule has 0 unspecified atom stereocenters. The molecule has 0 saturated carbocycles. The van der Waals surface area contributed by atoms with Crippen LogP contribution in [0.15, 0.2) is 30.3 Å². The molecule has 27 heavy (non-hydrogen) atoms. The maximum Gasteiger partial charge on any atom is 0.310 e. The van der Waals surface area contributed by atoms with Crippen molar-refractivity contribution < 1.29 is 9.53 Å². The van der Waals surface area contributed by atoms with Gasteiger partial charge in [-0.05, 0) is 32.9 Å². The van der Waals surface area contributed by atoms with Gasteiger partial charge in [-0.15, -0.1) is 0 Å². The number of hydrogen-bond acceptors (Lipinski definition) is 5. The third-order valence-electron chi connectivity index (χ3n) is 4.62. The minimum atomic E-state index is -0.364. The van der Waals surface area contributed by atoms with Crippen molar-refractivity contribution in [2.45, 2.75) is 33.8 Å². The second kappa shape index (κ2) is 7.46. The van der Waals surface area contributed by atoms with Crippen LogP contribution in [0.1, 0.15) is 33.9 Å². The Hall–Kier alpha value is -3.40. The van der Waals surface area contributed by atoms with Gasteiger partial charge in [-0.25, -0.2) is 4.68 Å². The van der Waals surface area contributed by atoms with E-state index in [1.165, 1.54) is 0 Å². The van der Waals surface area contributed by atoms with Gasteiger partial charge in [0.15, 0.2) is 0 Å². The van der Waals surface area contributed by atoms with E-state index in [9.17, 15) is 10.1 Å². The highest BCUT2D eigenvalue weighted by Gasteiger charge is 2.19. The average Bonchev–Trinajstić information content (AvgIpc) is 3.11. The van der Waals surface area contributed by atoms with Crippen LogP contribution in [0.4, 0.5) is 0 Å². The number of hydrogen-bond donors (Lipinski definition) is 0. The molecule has 3 rings (SSSR count). The fourth-order valence-electron chi connectivity index (χ4n) is 3.05. The van der Waals surface area contributed by atoms with Gasteiger partial charge in [-0.2, -0.15) is 15.5 Å². The molecule has 138 valence electrons. The first-order valence-corrected chi connectivity index (χ1v) is 8.61. The predicted octanol–water partition coefficient (Wildman–Crippen LogP) is 2.69. The third kappa shape index (κ3) is 3.60. The van der Waals surface area contributed by atoms with Gasteiger partial charge in [-0.3, -0.25) is 9.48 Å². The number of nitrogens with zero attached hydrogens (tertiary/aromatic N) is 5. The van der Waals surface area contributed by atoms with Gasteiger partial charge in [0.25, 0.3) is 0 Å². The summed E-state index contributed by atoms with van der Waals surface area (Å²) in [7, 11) is 1.84. The zero-order valence-corrected chi connectivity index (χ0v) is 15.9. The molecule has 0 amide bonds. The molecule has 0 bridgehead atoms. The number of aromatic nitrogens is 4. The van der Waals surface area contributed by atoms with Crippen molar-refractivity contribution in [3.8, 4) is 11.8 Å². The van der Waals surface area contributed by atoms with Gasteiger partial charge >= 0.3 is 5.97 Å². The fraction of sp³-hybridized carbons (Fsp3) is 0.300. The monoisotopic (exact) mass is 363 g/mol. The highest BCUT2D eigenvalue weighted by atomic mass is 16.5. The number of para-hydroxylation sites is 1. The van der Waals surface area contributed by atoms with Crippen LogP contribution < -0.4 is 0 Å². The Labute approximate surface area is 157 Å². The van der Waals surface area contributed by atoms with E-state index >= 15 is 0 Å². The van der Waals surface area contributed by atoms with Crippen LogP contribution in [0.5, 0.6) is 0 Å². The molecule has 2 aromatic heterocycles. The number of carbonyl (C=O) groups is 1. The molecule has 2 heterocycles. The number of nitriles is 1. The lowest BCUT2D eigenvalue weighted by molar-refractivity contribution is -0.144. The Morgan fingerprint density at radius 1 is 1.15 bits per heavy atom. The Bertz CT molecular complexity index is 1030. The van der Waals surface area contributed by atoms with E-state index in [2.05, 4.69) is 16.3 Å². The summed E-state index contributed by atoms with van der Waals surface area (Å²) in [5, 5.41) is 18.2. The van der Waals surface area contributed by atoms with Gasteiger partial charge in [-0.1, -0.05) is 18.2 Å². The molecule has 0 saturated heterocycles. The molecule has 0 radical (unpaired) electrons. The number of esters is 1. The SMILES string of the molecule is Cc1nn(-c2ccccc2)c(COC(=O)Cc2c(C)nn(C)c2C)c1C#N. The van der Waals surface area contributed by atoms with Gasteiger partial charge in [0.2, 0.25) is 0 Å². The van der Waals surface area contributed by atoms with Gasteiger partial charge in [0.05, 0.1) is 29.2 Å². The summed E-state index contributed by atoms with van der Waals surface area (Å²) < 4.78 is 8.89. The molecule has 7 nitrogen and oxygen atoms in total. The zero-order valence-electron chi connectivity index (χ0n) is 15.9. The van der Waals surface area contributed by atoms with Crippen LogP contribution >= 0.6 is 0 Å². The largest absolute Gasteiger partial charge is 0.459 e. The summed E-state index contributed by atoms with van der Waals surface area (Å²) in [6, 6.07) is 11.6. The Morgan fingerprint density at radius 2 is 1.85 bits per heavy atom. The number of benzene rings is 1. The highest BCUT2D eigenvalue weighted by Crippen LogP contribution is 2.20. The van der Waals surface area contributed by atoms with Crippen molar-refractivity contribution in [1.29, 1.82) is 5.26 Å². The van der Waals surface area contributed by atoms with E-state index in [0.717, 1.165) is 22.6 Å². The van der Waals surface area contributed by atoms with E-state index in [-0.39, 0.29) is 19.0 Å². The minimum Gasteiger partial charge on any atom is -0.459 e. The lowest BCUT2D eigenvalue weighted by atomic mass is 10.1. The van der Waals surface area contributed by atoms with Gasteiger partial charge in [0.1, 0.15) is 18.2 Å². The van der Waals surface area contributed by atoms with Crippen molar-refractivity contribution in [1.82, 2.24) is 19.6 Å². The van der Waals surface area contributed by atoms with Crippen LogP contribution in [0.2, 0.25) is 0 Å². The number of carbonyl (C=O) groups excluding carboxylic acids is 1. The smallest absolute Gasteiger partial charge is 0.310 e. The van der Waals surface area contributed by atoms with Crippen molar-refractivity contribution in [3.63, 3.8) is 0 Å². The van der Waals surface area contributed by atoms with Crippen molar-refractivity contribution >= 4 is 5.97 Å². The average molecular weight is 363 g/mol. The topological polar surface area (TPSA) is 85.7 Å². The molecule has 0 aliphatic heterocycles. The summed E-state index contributed by atoms with van der Waals surface area (Å²) in [6.45, 7) is 5.54. The standard InChI is InChI=1S/C20H21N5O2/c1-13-17(15(3)24(4)22-13)10-20(26)27-12-19-18(11-21)14(2)23-25(19)16-8-6-5-7-9-16/h5-9H,10,12H2,1-4H3. The minimum absolute atomic E-state index is 0.0180. The zero-order chi connectivity index (χ0) is 19.6. The number of aryl methyl sites for hydroxylation is 3. The Morgan fingerprint density at radius 3 is 2.44 bits per heavy atom. The van der Waals surface area contributed by atoms with Crippen molar-refractivity contribution in [3.05, 3.63) is 64.2 Å². The lowest BCUT2D eigenvalue weighted by Gasteiger charge is -2.09. The maximum atomic E-state index is 12.4. The summed E-state index contributed by atoms with van der Waals surface area (Å²) in [4.78, 5) is 12.4. The van der Waals surface area contributed by atoms with Crippen LogP contribution in [0.3, 0.4) is 0 Å². The van der Waals surface area contributed by atoms with Crippen molar-refractivity contribution in [2.75, 3.05) is 0 Å². The molecule has 0 spiro atoms. The molecule has 7 heteroatoms. The van der Waals surface area contributed by atoms with E-state index in [4.69, 9.17) is 4.74 Å². The molecule has 0 atom stereocenters. The Balaban J connectivity index is 1.81. The first-order chi connectivity index (χ1) is 12.9. The molecule has 0 fully saturated rings. The maximum absolute atomic E-state index is 12.4. The first kappa shape index (κ1) is 18.4. The van der Waals surface area contributed by atoms with E-state index in [0.29, 0.717) is 17.0 Å². The normalized spacial score (nSPS) is 10.6. The van der Waals surface area contributed by atoms with Crippen LogP contribution in [-0.4, -0.2) is 25.5 Å². The predicted molar refractivity (Wildman–Crippen MR) is 99.2 cm³/mol. The van der Waals surface area contributed by atoms with E-state index in [1.807, 2.05) is 51.2 Å². The van der Waals surface area contributed by atoms with Gasteiger partial charge in [0, 0.05) is 18.3 Å². The van der Waals surface area contributed by atoms with Crippen LogP contribution in [0, 0.1) is 32.1 Å². The molecule has 1 aromatic carbocycles. The summed E-state index contributed by atoms with van der Waals surface area (Å²) in [5.74, 6) is -0.364. The third-order valence-corrected chi connectivity index (χ3v) is 4.62. The van der Waals surface area contributed by atoms with E-state index < -0.39 is 0 Å². The first-order valence-electron chi connectivity index (χ1n) is 8.61. The molecule has 3 aromatic rings. The highest BCUT2D eigenvalue weighted by molar-refractivity contribution is 5.73. The van der Waals surface area contributed by atoms with Crippen molar-refractivity contribution in [2.24, 2.45) is 7.05 Å². The quantitative estimate of drug-likeness (QED) is 0.651. The Kier molecular flexibility index (Phi) is 5.08. The second-order valence-corrected chi connectivity index (χ2v) is 6.38. The summed E-state index contributed by atoms with van der Waals surface area (Å²) in [5.41, 5.74) is 5.03. The molecule has 0 aliphatic carbocycles. The van der Waals surface area contributed by atoms with Crippen LogP contribution in [0.25, 0.3) is 5.69 Å². The van der Waals surface area contributed by atoms with Crippen LogP contribution in [-0.2, 0) is 29.6 Å². The second-order valence-electron chi connectivity index (χ2n) is 6.38. The summed E-state index contributed by atoms with van der Waals surface area (Å²) >= 11 is 0. The number of ether oxygens (including phenoxy) is 1. The van der Waals surface area contributed by atoms with E-state index in [1.54, 1.807) is 16.3 Å². The number of rotatable bonds is 5. The van der Waals surface area contributed by atoms with Gasteiger partial charge < -0.3 is 4.74 Å². The fourth-order valence-corrected chi connectivity index (χ4v) is 3.05. The molecule has 0 aliphatic rings. The molecular weight excluding hydrogens is 342 g/mol. The lowest BCUT2D eigenvalue weighted by Crippen LogP contribution is -2.12.